The van der Waals surface area contributed by atoms with E-state index >= 15 is 4.39 Å². The highest BCUT2D eigenvalue weighted by Gasteiger charge is 2.55. The minimum atomic E-state index is -0.552. The van der Waals surface area contributed by atoms with E-state index in [4.69, 9.17) is 0 Å². The van der Waals surface area contributed by atoms with Gasteiger partial charge in [-0.05, 0) is 43.1 Å². The number of nitrogens with zero attached hydrogens (tertiary/aromatic N) is 2. The van der Waals surface area contributed by atoms with Crippen LogP contribution in [-0.4, -0.2) is 26.9 Å². The SMILES string of the molecule is C=CC(=O)NC1CC2=C3C(C)(C=C(F)C2C)c2c[nH]c4ncnc(c24)C3(C)C1. The van der Waals surface area contributed by atoms with E-state index in [1.807, 2.05) is 13.1 Å². The molecule has 3 aliphatic rings. The molecule has 5 nitrogen and oxygen atoms in total. The molecule has 0 radical (unpaired) electrons. The largest absolute Gasteiger partial charge is 0.349 e. The third kappa shape index (κ3) is 1.98. The van der Waals surface area contributed by atoms with Crippen LogP contribution in [0, 0.1) is 5.92 Å². The van der Waals surface area contributed by atoms with Crippen LogP contribution in [0.5, 0.6) is 0 Å². The van der Waals surface area contributed by atoms with Crippen molar-refractivity contribution in [2.24, 2.45) is 5.92 Å². The number of hydrogen-bond donors (Lipinski definition) is 2. The number of hydrogen-bond acceptors (Lipinski definition) is 3. The van der Waals surface area contributed by atoms with Crippen LogP contribution in [0.1, 0.15) is 44.9 Å². The van der Waals surface area contributed by atoms with Crippen molar-refractivity contribution >= 4 is 16.9 Å². The van der Waals surface area contributed by atoms with E-state index in [1.165, 1.54) is 11.6 Å². The van der Waals surface area contributed by atoms with Gasteiger partial charge in [0.05, 0.1) is 5.69 Å². The second-order valence-corrected chi connectivity index (χ2v) is 8.65. The van der Waals surface area contributed by atoms with Gasteiger partial charge < -0.3 is 10.3 Å². The van der Waals surface area contributed by atoms with Crippen molar-refractivity contribution in [2.75, 3.05) is 0 Å². The molecule has 0 aromatic carbocycles. The third-order valence-corrected chi connectivity index (χ3v) is 6.96. The normalized spacial score (nSPS) is 33.4. The summed E-state index contributed by atoms with van der Waals surface area (Å²) in [6.07, 6.45) is 7.93. The van der Waals surface area contributed by atoms with E-state index in [0.29, 0.717) is 12.8 Å². The predicted octanol–water partition coefficient (Wildman–Crippen LogP) is 3.75. The Morgan fingerprint density at radius 1 is 1.43 bits per heavy atom. The number of carbonyl (C=O) groups excluding carboxylic acids is 1. The Hall–Kier alpha value is -2.76. The lowest BCUT2D eigenvalue weighted by molar-refractivity contribution is -0.117. The maximum atomic E-state index is 15.1. The number of nitrogens with one attached hydrogen (secondary N) is 2. The molecule has 0 saturated heterocycles. The zero-order valence-corrected chi connectivity index (χ0v) is 16.3. The number of fused-ring (bicyclic) bond motifs is 2. The Balaban J connectivity index is 1.82. The lowest BCUT2D eigenvalue weighted by Gasteiger charge is -2.53. The summed E-state index contributed by atoms with van der Waals surface area (Å²) in [6, 6.07) is -0.0997. The number of rotatable bonds is 2. The van der Waals surface area contributed by atoms with Crippen molar-refractivity contribution in [1.29, 1.82) is 0 Å². The van der Waals surface area contributed by atoms with Crippen LogP contribution >= 0.6 is 0 Å². The molecule has 28 heavy (non-hydrogen) atoms. The first-order valence-electron chi connectivity index (χ1n) is 9.68. The molecule has 4 unspecified atom stereocenters. The lowest BCUT2D eigenvalue weighted by atomic mass is 9.51. The van der Waals surface area contributed by atoms with Gasteiger partial charge in [0.25, 0.3) is 0 Å². The molecule has 0 saturated carbocycles. The van der Waals surface area contributed by atoms with Gasteiger partial charge in [0.15, 0.2) is 0 Å². The topological polar surface area (TPSA) is 70.7 Å². The van der Waals surface area contributed by atoms with Crippen molar-refractivity contribution in [3.8, 4) is 0 Å². The Labute approximate surface area is 162 Å². The van der Waals surface area contributed by atoms with Gasteiger partial charge in [0, 0.05) is 34.4 Å². The average Bonchev–Trinajstić information content (AvgIpc) is 3.09. The van der Waals surface area contributed by atoms with Crippen molar-refractivity contribution in [3.63, 3.8) is 0 Å². The first kappa shape index (κ1) is 17.3. The van der Waals surface area contributed by atoms with Crippen LogP contribution in [0.4, 0.5) is 4.39 Å². The summed E-state index contributed by atoms with van der Waals surface area (Å²) < 4.78 is 15.1. The van der Waals surface area contributed by atoms with Gasteiger partial charge in [-0.3, -0.25) is 4.79 Å². The van der Waals surface area contributed by atoms with Gasteiger partial charge >= 0.3 is 0 Å². The highest BCUT2D eigenvalue weighted by atomic mass is 19.1. The van der Waals surface area contributed by atoms with Crippen molar-refractivity contribution in [2.45, 2.75) is 50.5 Å². The summed E-state index contributed by atoms with van der Waals surface area (Å²) >= 11 is 0. The maximum Gasteiger partial charge on any atom is 0.243 e. The summed E-state index contributed by atoms with van der Waals surface area (Å²) in [4.78, 5) is 24.3. The lowest BCUT2D eigenvalue weighted by Crippen LogP contribution is -2.52. The summed E-state index contributed by atoms with van der Waals surface area (Å²) in [7, 11) is 0. The summed E-state index contributed by atoms with van der Waals surface area (Å²) in [5.41, 5.74) is 4.09. The molecule has 0 spiro atoms. The van der Waals surface area contributed by atoms with E-state index in [-0.39, 0.29) is 23.7 Å². The Kier molecular flexibility index (Phi) is 3.35. The van der Waals surface area contributed by atoms with Gasteiger partial charge in [-0.15, -0.1) is 0 Å². The number of allylic oxidation sites excluding steroid dienone is 3. The molecule has 0 bridgehead atoms. The van der Waals surface area contributed by atoms with Gasteiger partial charge in [0.1, 0.15) is 17.8 Å². The highest BCUT2D eigenvalue weighted by molar-refractivity contribution is 5.90. The molecule has 2 aromatic heterocycles. The Morgan fingerprint density at radius 2 is 2.21 bits per heavy atom. The average molecular weight is 378 g/mol. The van der Waals surface area contributed by atoms with Crippen LogP contribution in [-0.2, 0) is 15.6 Å². The molecule has 2 heterocycles. The number of H-pyrrole nitrogens is 1. The minimum Gasteiger partial charge on any atom is -0.349 e. The molecule has 6 heteroatoms. The van der Waals surface area contributed by atoms with Gasteiger partial charge in [-0.1, -0.05) is 26.0 Å². The number of carbonyl (C=O) groups is 1. The van der Waals surface area contributed by atoms with E-state index < -0.39 is 10.8 Å². The van der Waals surface area contributed by atoms with Crippen LogP contribution in [0.25, 0.3) is 11.0 Å². The summed E-state index contributed by atoms with van der Waals surface area (Å²) in [5.74, 6) is -0.622. The molecule has 2 N–H and O–H groups in total. The molecule has 5 rings (SSSR count). The predicted molar refractivity (Wildman–Crippen MR) is 105 cm³/mol. The van der Waals surface area contributed by atoms with E-state index in [2.05, 4.69) is 40.7 Å². The minimum absolute atomic E-state index is 0.0997. The van der Waals surface area contributed by atoms with Crippen molar-refractivity contribution < 1.29 is 9.18 Å². The van der Waals surface area contributed by atoms with Crippen LogP contribution in [0.15, 0.2) is 48.2 Å². The van der Waals surface area contributed by atoms with Crippen LogP contribution in [0.2, 0.25) is 0 Å². The standard InChI is InChI=1S/C22H23FN4O/c1-5-16(28)27-12-6-13-11(2)15(23)8-21(3)14-9-24-20-17(14)19(25-10-26-20)22(4,7-12)18(13)21/h5,8-12H,1,6-7H2,2-4H3,(H,27,28)(H,24,25,26). The van der Waals surface area contributed by atoms with Crippen molar-refractivity contribution in [1.82, 2.24) is 20.3 Å². The molecule has 2 aromatic rings. The summed E-state index contributed by atoms with van der Waals surface area (Å²) in [5, 5.41) is 4.02. The fourth-order valence-corrected chi connectivity index (χ4v) is 5.91. The van der Waals surface area contributed by atoms with Gasteiger partial charge in [0.2, 0.25) is 5.91 Å². The Bertz CT molecular complexity index is 1110. The first-order chi connectivity index (χ1) is 13.3. The van der Waals surface area contributed by atoms with Crippen LogP contribution < -0.4 is 5.32 Å². The fraction of sp³-hybridized carbons (Fsp3) is 0.409. The van der Waals surface area contributed by atoms with Gasteiger partial charge in [-0.25, -0.2) is 14.4 Å². The molecular weight excluding hydrogens is 355 g/mol. The molecule has 0 aliphatic heterocycles. The molecule has 3 aliphatic carbocycles. The van der Waals surface area contributed by atoms with E-state index in [0.717, 1.165) is 27.9 Å². The molecule has 144 valence electrons. The van der Waals surface area contributed by atoms with Crippen molar-refractivity contribution in [3.05, 3.63) is 59.5 Å². The molecule has 4 atom stereocenters. The third-order valence-electron chi connectivity index (χ3n) is 6.96. The van der Waals surface area contributed by atoms with Gasteiger partial charge in [-0.2, -0.15) is 0 Å². The molecule has 1 amide bonds. The monoisotopic (exact) mass is 378 g/mol. The fourth-order valence-electron chi connectivity index (χ4n) is 5.91. The quantitative estimate of drug-likeness (QED) is 0.618. The smallest absolute Gasteiger partial charge is 0.243 e. The zero-order valence-electron chi connectivity index (χ0n) is 16.3. The number of amides is 1. The molecule has 0 fully saturated rings. The van der Waals surface area contributed by atoms with E-state index in [9.17, 15) is 4.79 Å². The number of aromatic amines is 1. The summed E-state index contributed by atoms with van der Waals surface area (Å²) in [6.45, 7) is 9.74. The molecular formula is C22H23FN4O. The second-order valence-electron chi connectivity index (χ2n) is 8.65. The van der Waals surface area contributed by atoms with Crippen LogP contribution in [0.3, 0.4) is 0 Å². The number of halogens is 1. The first-order valence-corrected chi connectivity index (χ1v) is 9.68. The zero-order chi connectivity index (χ0) is 19.8. The second kappa shape index (κ2) is 5.40. The maximum absolute atomic E-state index is 15.1. The highest BCUT2D eigenvalue weighted by Crippen LogP contribution is 2.61. The number of aromatic nitrogens is 3. The Morgan fingerprint density at radius 3 is 2.96 bits per heavy atom. The van der Waals surface area contributed by atoms with E-state index in [1.54, 1.807) is 12.4 Å².